The van der Waals surface area contributed by atoms with Crippen LogP contribution in [-0.2, 0) is 114 Å². The summed E-state index contributed by atoms with van der Waals surface area (Å²) in [5, 5.41) is 119. The van der Waals surface area contributed by atoms with Gasteiger partial charge in [0.25, 0.3) is 11.4 Å². The Labute approximate surface area is 666 Å². The number of ether oxygens (including phenoxy) is 18. The SMILES string of the molecule is CC[C@H]1O[C@@H](OCCOCCOCCNC(=O)CCOCC(COCCC(=O)NCCOCCOCCOC2O[C@H](CO)[C@H](O)[C@@H](O)[C@H]2C)(COCCC(=O)NCCOCCOCCO[C@@H]2O[C@H](CO)[C@H](O)[C@H](O)[C@H]2NC(C)=O)CC(=O)CNC(=O)COCCOCCOCCNc2ccc([N+](=O)[O-])cc2[N+](=O)[O-])[C@H](C)[C@@H](O)[C@H]1O. The molecule has 662 valence electrons. The number of nitrogens with zero attached hydrogens (tertiary/aromatic N) is 2. The molecule has 1 aromatic carbocycles. The number of aliphatic hydroxyl groups is 8. The first-order valence-corrected chi connectivity index (χ1v) is 38.4. The number of carbonyl (C=O) groups is 6. The van der Waals surface area contributed by atoms with Gasteiger partial charge in [-0.15, -0.1) is 0 Å². The average molecular weight is 1660 g/mol. The Hall–Kier alpha value is -6.20. The summed E-state index contributed by atoms with van der Waals surface area (Å²) in [7, 11) is 0. The Kier molecular flexibility index (Phi) is 52.3. The van der Waals surface area contributed by atoms with Crippen LogP contribution in [-0.4, -0.2) is 390 Å². The number of aliphatic hydroxyl groups excluding tert-OH is 8. The van der Waals surface area contributed by atoms with Gasteiger partial charge in [0, 0.05) is 82.1 Å². The molecule has 0 bridgehead atoms. The molecule has 1 aromatic rings. The molecule has 0 aromatic heterocycles. The Balaban J connectivity index is 1.27. The van der Waals surface area contributed by atoms with Crippen LogP contribution >= 0.6 is 0 Å². The standard InChI is InChI=1S/C71H122N8O36/c1-5-54-64(90)62(88)47(2)68(113-54)110-35-32-103-27-23-99-19-12-73-57(84)8-15-107-44-71(45-108-16-9-58(85)74-13-20-100-24-28-104-33-36-111-69-48(3)63(89)65(91)55(41-80)114-69,39-51(83)40-76-60(87)43-106-31-30-102-26-22-98-18-11-72-52-7-6-50(78(94)95)38-53(52)79(96)97)46-109-17-10-59(86)75-14-21-101-25-29-105-34-37-112-70-61(77-49(4)82)67(93)66(92)56(42-81)115-70/h6-7,38,47-48,54-56,61-70,72,80-81,88-93H,5,8-37,39-46H2,1-4H3,(H,73,84)(H,74,85)(H,75,86)(H,76,87)(H,77,82)/t47-,48-,54-,55-,56-,61-,62-,63+,64+,65+,66+,67-,68-,69?,70-,71?/m1/s1. The highest BCUT2D eigenvalue weighted by Gasteiger charge is 2.46. The van der Waals surface area contributed by atoms with Crippen LogP contribution in [0.1, 0.15) is 59.8 Å². The van der Waals surface area contributed by atoms with Crippen LogP contribution in [0.4, 0.5) is 17.1 Å². The average Bonchev–Trinajstić information content (AvgIpc) is 0.813. The van der Waals surface area contributed by atoms with Gasteiger partial charge in [-0.2, -0.15) is 0 Å². The number of nitro benzene ring substituents is 2. The summed E-state index contributed by atoms with van der Waals surface area (Å²) >= 11 is 0. The number of ketones is 1. The minimum Gasteiger partial charge on any atom is -0.394 e. The summed E-state index contributed by atoms with van der Waals surface area (Å²) < 4.78 is 102. The van der Waals surface area contributed by atoms with Crippen molar-refractivity contribution in [3.63, 3.8) is 0 Å². The summed E-state index contributed by atoms with van der Waals surface area (Å²) in [6.07, 6.45) is -13.1. The topological polar surface area (TPSA) is 589 Å². The lowest BCUT2D eigenvalue weighted by molar-refractivity contribution is -0.393. The number of hydrogen-bond donors (Lipinski definition) is 14. The van der Waals surface area contributed by atoms with E-state index in [0.717, 1.165) is 12.1 Å². The highest BCUT2D eigenvalue weighted by Crippen LogP contribution is 2.32. The van der Waals surface area contributed by atoms with Crippen LogP contribution in [0.2, 0.25) is 0 Å². The minimum atomic E-state index is -1.48. The van der Waals surface area contributed by atoms with E-state index < -0.39 is 180 Å². The molecule has 44 heteroatoms. The van der Waals surface area contributed by atoms with Crippen molar-refractivity contribution in [2.45, 2.75) is 140 Å². The molecule has 3 aliphatic rings. The summed E-state index contributed by atoms with van der Waals surface area (Å²) in [5.74, 6) is -3.90. The van der Waals surface area contributed by atoms with Gasteiger partial charge in [-0.25, -0.2) is 0 Å². The second kappa shape index (κ2) is 59.5. The number of benzene rings is 1. The molecule has 5 amide bonds. The second-order valence-electron chi connectivity index (χ2n) is 26.9. The number of nitro groups is 2. The molecule has 2 unspecified atom stereocenters. The lowest BCUT2D eigenvalue weighted by atomic mass is 9.85. The third-order valence-corrected chi connectivity index (χ3v) is 17.8. The van der Waals surface area contributed by atoms with Gasteiger partial charge in [0.1, 0.15) is 55.0 Å². The van der Waals surface area contributed by atoms with Crippen molar-refractivity contribution in [3.05, 3.63) is 38.4 Å². The molecular weight excluding hydrogens is 1540 g/mol. The summed E-state index contributed by atoms with van der Waals surface area (Å²) in [6.45, 7) is 6.05. The van der Waals surface area contributed by atoms with E-state index in [9.17, 15) is 89.8 Å². The molecule has 3 fully saturated rings. The van der Waals surface area contributed by atoms with E-state index in [1.165, 1.54) is 13.0 Å². The first-order valence-electron chi connectivity index (χ1n) is 38.4. The maximum atomic E-state index is 14.0. The maximum Gasteiger partial charge on any atom is 0.299 e. The smallest absolute Gasteiger partial charge is 0.299 e. The Bertz CT molecular complexity index is 2830. The fraction of sp³-hybridized carbons (Fsp3) is 0.831. The fourth-order valence-electron chi connectivity index (χ4n) is 11.5. The van der Waals surface area contributed by atoms with Crippen LogP contribution < -0.4 is 31.9 Å². The van der Waals surface area contributed by atoms with Crippen molar-refractivity contribution < 1.29 is 165 Å². The molecule has 16 atom stereocenters. The largest absolute Gasteiger partial charge is 0.394 e. The number of carbonyl (C=O) groups excluding carboxylic acids is 6. The van der Waals surface area contributed by atoms with Crippen molar-refractivity contribution in [1.82, 2.24) is 26.6 Å². The van der Waals surface area contributed by atoms with E-state index in [1.807, 2.05) is 6.92 Å². The molecule has 44 nitrogen and oxygen atoms in total. The first-order chi connectivity index (χ1) is 55.3. The fourth-order valence-corrected chi connectivity index (χ4v) is 11.5. The molecule has 4 rings (SSSR count). The normalized spacial score (nSPS) is 24.0. The molecule has 3 aliphatic heterocycles. The molecular formula is C71H122N8O36. The number of non-ortho nitro benzene ring substituents is 1. The van der Waals surface area contributed by atoms with E-state index in [-0.39, 0.29) is 229 Å². The minimum absolute atomic E-state index is 0.0232. The molecule has 3 saturated heterocycles. The molecule has 0 aliphatic carbocycles. The van der Waals surface area contributed by atoms with Gasteiger partial charge in [-0.3, -0.25) is 49.0 Å². The zero-order valence-electron chi connectivity index (χ0n) is 65.9. The van der Waals surface area contributed by atoms with Gasteiger partial charge >= 0.3 is 0 Å². The predicted octanol–water partition coefficient (Wildman–Crippen LogP) is -4.74. The monoisotopic (exact) mass is 1660 g/mol. The van der Waals surface area contributed by atoms with Crippen LogP contribution in [0, 0.1) is 37.5 Å². The molecule has 0 saturated carbocycles. The quantitative estimate of drug-likeness (QED) is 0.0165. The molecule has 14 N–H and O–H groups in total. The Morgan fingerprint density at radius 1 is 0.452 bits per heavy atom. The maximum absolute atomic E-state index is 14.0. The van der Waals surface area contributed by atoms with Crippen molar-refractivity contribution >= 4 is 52.4 Å². The van der Waals surface area contributed by atoms with Gasteiger partial charge in [0.15, 0.2) is 24.7 Å². The highest BCUT2D eigenvalue weighted by molar-refractivity contribution is 5.87. The summed E-state index contributed by atoms with van der Waals surface area (Å²) in [6, 6.07) is 2.11. The van der Waals surface area contributed by atoms with E-state index >= 15 is 0 Å². The number of Topliss-reactive ketones (excluding diaryl/α,β-unsaturated/α-hetero) is 1. The number of nitrogens with one attached hydrogen (secondary N) is 6. The molecule has 0 radical (unpaired) electrons. The Morgan fingerprint density at radius 3 is 1.25 bits per heavy atom. The van der Waals surface area contributed by atoms with Gasteiger partial charge < -0.3 is 158 Å². The molecule has 115 heavy (non-hydrogen) atoms. The van der Waals surface area contributed by atoms with E-state index in [1.54, 1.807) is 13.8 Å². The van der Waals surface area contributed by atoms with Crippen molar-refractivity contribution in [1.29, 1.82) is 0 Å². The van der Waals surface area contributed by atoms with Gasteiger partial charge in [-0.1, -0.05) is 20.8 Å². The van der Waals surface area contributed by atoms with Crippen molar-refractivity contribution in [2.75, 3.05) is 230 Å². The Morgan fingerprint density at radius 2 is 0.835 bits per heavy atom. The first kappa shape index (κ1) is 101. The number of amides is 5. The zero-order chi connectivity index (χ0) is 84.2. The van der Waals surface area contributed by atoms with Gasteiger partial charge in [0.2, 0.25) is 29.5 Å². The number of anilines is 1. The van der Waals surface area contributed by atoms with Crippen LogP contribution in [0.3, 0.4) is 0 Å². The van der Waals surface area contributed by atoms with Crippen LogP contribution in [0.15, 0.2) is 18.2 Å². The third-order valence-electron chi connectivity index (χ3n) is 17.8. The molecule has 3 heterocycles. The number of hydrogen-bond acceptors (Lipinski definition) is 37. The highest BCUT2D eigenvalue weighted by atomic mass is 16.7. The van der Waals surface area contributed by atoms with Crippen LogP contribution in [0.5, 0.6) is 0 Å². The van der Waals surface area contributed by atoms with E-state index in [4.69, 9.17) is 85.3 Å². The second-order valence-corrected chi connectivity index (χ2v) is 26.9. The molecule has 0 spiro atoms. The van der Waals surface area contributed by atoms with Gasteiger partial charge in [0.05, 0.1) is 226 Å². The van der Waals surface area contributed by atoms with Crippen molar-refractivity contribution in [3.8, 4) is 0 Å². The summed E-state index contributed by atoms with van der Waals surface area (Å²) in [5.41, 5.74) is -2.17. The third kappa shape index (κ3) is 40.9. The van der Waals surface area contributed by atoms with Crippen LogP contribution in [0.25, 0.3) is 0 Å². The lowest BCUT2D eigenvalue weighted by Gasteiger charge is -2.42. The van der Waals surface area contributed by atoms with E-state index in [2.05, 4.69) is 31.9 Å². The van der Waals surface area contributed by atoms with Gasteiger partial charge in [-0.05, 0) is 12.5 Å². The zero-order valence-corrected chi connectivity index (χ0v) is 65.9. The lowest BCUT2D eigenvalue weighted by Crippen LogP contribution is -2.64. The van der Waals surface area contributed by atoms with E-state index in [0.29, 0.717) is 6.42 Å². The summed E-state index contributed by atoms with van der Waals surface area (Å²) in [4.78, 5) is 98.7. The predicted molar refractivity (Wildman–Crippen MR) is 396 cm³/mol. The number of rotatable bonds is 67. The van der Waals surface area contributed by atoms with Crippen molar-refractivity contribution in [2.24, 2.45) is 17.3 Å².